The normalized spacial score (nSPS) is 14.2. The van der Waals surface area contributed by atoms with Gasteiger partial charge in [0.1, 0.15) is 17.9 Å². The number of benzene rings is 1. The van der Waals surface area contributed by atoms with E-state index in [4.69, 9.17) is 9.47 Å². The fraction of sp³-hybridized carbons (Fsp3) is 0.316. The molecule has 0 bridgehead atoms. The average Bonchev–Trinajstić information content (AvgIpc) is 2.63. The van der Waals surface area contributed by atoms with E-state index in [9.17, 15) is 15.3 Å². The molecule has 0 fully saturated rings. The molecule has 1 aliphatic rings. The lowest BCUT2D eigenvalue weighted by atomic mass is 10.0. The van der Waals surface area contributed by atoms with Crippen LogP contribution in [0.3, 0.4) is 0 Å². The minimum atomic E-state index is -0.801. The summed E-state index contributed by atoms with van der Waals surface area (Å²) in [4.78, 5) is 14.1. The third-order valence-corrected chi connectivity index (χ3v) is 3.82. The predicted octanol–water partition coefficient (Wildman–Crippen LogP) is 3.17. The SMILES string of the molecule is CCOC(=O)/C(C#N)=C1/Oc2cc(N(CC)CC)ccc2C=C1C#N. The number of fused-ring (bicyclic) bond motifs is 1. The molecule has 0 aromatic heterocycles. The zero-order valence-electron chi connectivity index (χ0n) is 14.5. The number of esters is 1. The van der Waals surface area contributed by atoms with Gasteiger partial charge in [0, 0.05) is 30.4 Å². The first-order chi connectivity index (χ1) is 12.1. The molecule has 0 aliphatic carbocycles. The molecule has 0 spiro atoms. The van der Waals surface area contributed by atoms with Crippen molar-refractivity contribution >= 4 is 17.7 Å². The monoisotopic (exact) mass is 337 g/mol. The summed E-state index contributed by atoms with van der Waals surface area (Å²) in [6.07, 6.45) is 1.61. The van der Waals surface area contributed by atoms with Gasteiger partial charge >= 0.3 is 5.97 Å². The number of anilines is 1. The third-order valence-electron chi connectivity index (χ3n) is 3.82. The molecule has 1 heterocycles. The van der Waals surface area contributed by atoms with Crippen molar-refractivity contribution in [3.8, 4) is 17.9 Å². The molecule has 2 rings (SSSR count). The van der Waals surface area contributed by atoms with Crippen LogP contribution in [0, 0.1) is 22.7 Å². The highest BCUT2D eigenvalue weighted by Crippen LogP contribution is 2.35. The Morgan fingerprint density at radius 3 is 2.52 bits per heavy atom. The minimum Gasteiger partial charge on any atom is -0.462 e. The molecule has 1 aromatic carbocycles. The molecule has 0 saturated carbocycles. The molecular weight excluding hydrogens is 318 g/mol. The third kappa shape index (κ3) is 3.64. The molecule has 0 N–H and O–H groups in total. The fourth-order valence-corrected chi connectivity index (χ4v) is 2.56. The zero-order chi connectivity index (χ0) is 18.4. The number of nitriles is 2. The number of nitrogens with zero attached hydrogens (tertiary/aromatic N) is 3. The van der Waals surface area contributed by atoms with Gasteiger partial charge in [-0.2, -0.15) is 10.5 Å². The molecule has 0 unspecified atom stereocenters. The number of carbonyl (C=O) groups is 1. The van der Waals surface area contributed by atoms with Crippen LogP contribution < -0.4 is 9.64 Å². The Hall–Kier alpha value is -3.25. The lowest BCUT2D eigenvalue weighted by Crippen LogP contribution is -2.22. The number of hydrogen-bond acceptors (Lipinski definition) is 6. The topological polar surface area (TPSA) is 86.4 Å². The number of carbonyl (C=O) groups excluding carboxylic acids is 1. The van der Waals surface area contributed by atoms with Crippen LogP contribution in [0.25, 0.3) is 6.08 Å². The molecule has 128 valence electrons. The van der Waals surface area contributed by atoms with E-state index in [1.807, 2.05) is 24.3 Å². The molecule has 1 aromatic rings. The Kier molecular flexibility index (Phi) is 5.81. The van der Waals surface area contributed by atoms with E-state index < -0.39 is 5.97 Å². The lowest BCUT2D eigenvalue weighted by Gasteiger charge is -2.24. The minimum absolute atomic E-state index is 0.0624. The quantitative estimate of drug-likeness (QED) is 0.466. The van der Waals surface area contributed by atoms with Gasteiger partial charge in [-0.15, -0.1) is 0 Å². The molecule has 0 atom stereocenters. The summed E-state index contributed by atoms with van der Waals surface area (Å²) in [7, 11) is 0. The van der Waals surface area contributed by atoms with Crippen LogP contribution in [-0.2, 0) is 9.53 Å². The summed E-state index contributed by atoms with van der Waals surface area (Å²) >= 11 is 0. The van der Waals surface area contributed by atoms with E-state index in [0.717, 1.165) is 24.3 Å². The van der Waals surface area contributed by atoms with Crippen LogP contribution in [0.5, 0.6) is 5.75 Å². The van der Waals surface area contributed by atoms with Gasteiger partial charge in [0.05, 0.1) is 12.2 Å². The standard InChI is InChI=1S/C19H19N3O3/c1-4-22(5-2)15-8-7-13-9-14(11-20)18(25-17(13)10-15)16(12-21)19(23)24-6-3/h7-10H,4-6H2,1-3H3/b18-16+. The maximum Gasteiger partial charge on any atom is 0.352 e. The van der Waals surface area contributed by atoms with E-state index in [1.165, 1.54) is 0 Å². The Labute approximate surface area is 147 Å². The number of hydrogen-bond donors (Lipinski definition) is 0. The smallest absolute Gasteiger partial charge is 0.352 e. The van der Waals surface area contributed by atoms with Crippen molar-refractivity contribution in [2.75, 3.05) is 24.6 Å². The van der Waals surface area contributed by atoms with Crippen LogP contribution >= 0.6 is 0 Å². The zero-order valence-corrected chi connectivity index (χ0v) is 14.5. The highest BCUT2D eigenvalue weighted by molar-refractivity contribution is 5.95. The van der Waals surface area contributed by atoms with Crippen molar-refractivity contribution in [1.82, 2.24) is 0 Å². The van der Waals surface area contributed by atoms with Crippen molar-refractivity contribution < 1.29 is 14.3 Å². The second-order valence-corrected chi connectivity index (χ2v) is 5.20. The van der Waals surface area contributed by atoms with Crippen LogP contribution in [0.4, 0.5) is 5.69 Å². The van der Waals surface area contributed by atoms with Gasteiger partial charge in [0.25, 0.3) is 0 Å². The summed E-state index contributed by atoms with van der Waals surface area (Å²) in [5.41, 5.74) is 1.49. The summed E-state index contributed by atoms with van der Waals surface area (Å²) < 4.78 is 10.7. The van der Waals surface area contributed by atoms with E-state index in [-0.39, 0.29) is 23.5 Å². The predicted molar refractivity (Wildman–Crippen MR) is 93.5 cm³/mol. The maximum atomic E-state index is 12.0. The van der Waals surface area contributed by atoms with Crippen molar-refractivity contribution in [3.05, 3.63) is 40.7 Å². The van der Waals surface area contributed by atoms with Crippen molar-refractivity contribution in [3.63, 3.8) is 0 Å². The van der Waals surface area contributed by atoms with Crippen LogP contribution in [0.2, 0.25) is 0 Å². The van der Waals surface area contributed by atoms with Crippen LogP contribution in [0.15, 0.2) is 35.1 Å². The van der Waals surface area contributed by atoms with Crippen molar-refractivity contribution in [1.29, 1.82) is 10.5 Å². The first kappa shape index (κ1) is 18.1. The Balaban J connectivity index is 2.55. The van der Waals surface area contributed by atoms with Gasteiger partial charge in [-0.1, -0.05) is 0 Å². The fourth-order valence-electron chi connectivity index (χ4n) is 2.56. The second kappa shape index (κ2) is 8.03. The largest absolute Gasteiger partial charge is 0.462 e. The Bertz CT molecular complexity index is 821. The van der Waals surface area contributed by atoms with Gasteiger partial charge in [-0.3, -0.25) is 0 Å². The highest BCUT2D eigenvalue weighted by atomic mass is 16.5. The van der Waals surface area contributed by atoms with Crippen molar-refractivity contribution in [2.45, 2.75) is 20.8 Å². The second-order valence-electron chi connectivity index (χ2n) is 5.20. The van der Waals surface area contributed by atoms with Gasteiger partial charge in [-0.05, 0) is 39.0 Å². The maximum absolute atomic E-state index is 12.0. The van der Waals surface area contributed by atoms with E-state index in [1.54, 1.807) is 19.1 Å². The summed E-state index contributed by atoms with van der Waals surface area (Å²) in [6.45, 7) is 7.55. The lowest BCUT2D eigenvalue weighted by molar-refractivity contribution is -0.138. The molecule has 0 amide bonds. The Morgan fingerprint density at radius 1 is 1.24 bits per heavy atom. The molecule has 0 radical (unpaired) electrons. The summed E-state index contributed by atoms with van der Waals surface area (Å²) in [5.74, 6) is -0.368. The first-order valence-corrected chi connectivity index (χ1v) is 8.10. The first-order valence-electron chi connectivity index (χ1n) is 8.10. The van der Waals surface area contributed by atoms with Crippen LogP contribution in [-0.4, -0.2) is 25.7 Å². The molecule has 25 heavy (non-hydrogen) atoms. The van der Waals surface area contributed by atoms with E-state index in [2.05, 4.69) is 18.7 Å². The van der Waals surface area contributed by atoms with Gasteiger partial charge in [0.15, 0.2) is 11.3 Å². The summed E-state index contributed by atoms with van der Waals surface area (Å²) in [5, 5.41) is 18.7. The number of rotatable bonds is 5. The van der Waals surface area contributed by atoms with Crippen molar-refractivity contribution in [2.24, 2.45) is 0 Å². The highest BCUT2D eigenvalue weighted by Gasteiger charge is 2.26. The van der Waals surface area contributed by atoms with E-state index in [0.29, 0.717) is 5.75 Å². The van der Waals surface area contributed by atoms with Gasteiger partial charge in [-0.25, -0.2) is 4.79 Å². The van der Waals surface area contributed by atoms with Gasteiger partial charge < -0.3 is 14.4 Å². The molecule has 6 heteroatoms. The van der Waals surface area contributed by atoms with Gasteiger partial charge in [0.2, 0.25) is 0 Å². The van der Waals surface area contributed by atoms with E-state index >= 15 is 0 Å². The average molecular weight is 337 g/mol. The number of allylic oxidation sites excluding steroid dienone is 1. The molecule has 1 aliphatic heterocycles. The summed E-state index contributed by atoms with van der Waals surface area (Å²) in [6, 6.07) is 9.41. The molecular formula is C19H19N3O3. The molecule has 0 saturated heterocycles. The molecule has 6 nitrogen and oxygen atoms in total. The number of ether oxygens (including phenoxy) is 2. The Morgan fingerprint density at radius 2 is 1.96 bits per heavy atom. The van der Waals surface area contributed by atoms with Crippen LogP contribution in [0.1, 0.15) is 26.3 Å².